The lowest BCUT2D eigenvalue weighted by Gasteiger charge is -2.09. The summed E-state index contributed by atoms with van der Waals surface area (Å²) in [5.74, 6) is -0.159. The zero-order chi connectivity index (χ0) is 22.7. The fourth-order valence-electron chi connectivity index (χ4n) is 2.84. The summed E-state index contributed by atoms with van der Waals surface area (Å²) >= 11 is 15.5. The van der Waals surface area contributed by atoms with Gasteiger partial charge in [0.05, 0.1) is 21.1 Å². The van der Waals surface area contributed by atoms with Gasteiger partial charge < -0.3 is 10.1 Å². The molecule has 4 aromatic rings. The summed E-state index contributed by atoms with van der Waals surface area (Å²) in [4.78, 5) is 12.6. The van der Waals surface area contributed by atoms with Crippen molar-refractivity contribution in [3.05, 3.63) is 92.5 Å². The van der Waals surface area contributed by atoms with Crippen LogP contribution in [0.4, 0.5) is 10.2 Å². The minimum Gasteiger partial charge on any atom is -0.468 e. The van der Waals surface area contributed by atoms with Crippen LogP contribution in [0.3, 0.4) is 0 Å². The molecule has 11 heteroatoms. The fourth-order valence-corrected chi connectivity index (χ4v) is 3.76. The molecule has 4 rings (SSSR count). The van der Waals surface area contributed by atoms with Gasteiger partial charge in [0.1, 0.15) is 5.82 Å². The maximum Gasteiger partial charge on any atom is 0.277 e. The minimum absolute atomic E-state index is 0.0116. The molecule has 7 nitrogen and oxygen atoms in total. The first-order chi connectivity index (χ1) is 15.4. The summed E-state index contributed by atoms with van der Waals surface area (Å²) < 4.78 is 23.0. The molecular weight excluding hydrogens is 524 g/mol. The molecule has 0 fully saturated rings. The van der Waals surface area contributed by atoms with Crippen LogP contribution in [0.1, 0.15) is 16.1 Å². The number of carbonyl (C=O) groups excluding carboxylic acids is 1. The van der Waals surface area contributed by atoms with Crippen LogP contribution in [0.25, 0.3) is 0 Å². The summed E-state index contributed by atoms with van der Waals surface area (Å²) in [5, 5.41) is 11.9. The van der Waals surface area contributed by atoms with Gasteiger partial charge in [0, 0.05) is 18.0 Å². The van der Waals surface area contributed by atoms with Gasteiger partial charge in [-0.1, -0.05) is 47.5 Å². The molecule has 0 bridgehead atoms. The smallest absolute Gasteiger partial charge is 0.277 e. The van der Waals surface area contributed by atoms with Crippen LogP contribution in [0.2, 0.25) is 10.0 Å². The van der Waals surface area contributed by atoms with Crippen molar-refractivity contribution in [3.8, 4) is 5.75 Å². The highest BCUT2D eigenvalue weighted by Gasteiger charge is 2.16. The lowest BCUT2D eigenvalue weighted by molar-refractivity contribution is 0.101. The molecule has 1 N–H and O–H groups in total. The summed E-state index contributed by atoms with van der Waals surface area (Å²) in [6.45, 7) is 0.232. The Balaban J connectivity index is 1.40. The second kappa shape index (κ2) is 9.72. The number of hydrogen-bond donors (Lipinski definition) is 1. The maximum absolute atomic E-state index is 13.9. The van der Waals surface area contributed by atoms with E-state index < -0.39 is 5.91 Å². The van der Waals surface area contributed by atoms with E-state index in [1.165, 1.54) is 21.5 Å². The Morgan fingerprint density at radius 1 is 1.06 bits per heavy atom. The first-order valence-electron chi connectivity index (χ1n) is 9.28. The standard InChI is InChI=1S/C21H15BrCl2FN5O2/c22-14-11-30(10-13-4-1-2-7-17(13)25)28-20(14)26-21(31)18-8-9-29(27-18)12-32-19-15(23)5-3-6-16(19)24/h1-9,11H,10,12H2,(H,26,28,31). The monoisotopic (exact) mass is 537 g/mol. The molecule has 2 heterocycles. The van der Waals surface area contributed by atoms with Crippen molar-refractivity contribution >= 4 is 50.9 Å². The van der Waals surface area contributed by atoms with Crippen LogP contribution in [0.15, 0.2) is 65.4 Å². The van der Waals surface area contributed by atoms with Gasteiger partial charge in [-0.15, -0.1) is 0 Å². The Morgan fingerprint density at radius 2 is 1.81 bits per heavy atom. The zero-order valence-electron chi connectivity index (χ0n) is 16.3. The number of amides is 1. The van der Waals surface area contributed by atoms with E-state index in [0.717, 1.165) is 0 Å². The highest BCUT2D eigenvalue weighted by Crippen LogP contribution is 2.32. The molecule has 0 aliphatic carbocycles. The van der Waals surface area contributed by atoms with Crippen molar-refractivity contribution in [2.45, 2.75) is 13.3 Å². The maximum atomic E-state index is 13.9. The molecule has 0 spiro atoms. The average molecular weight is 539 g/mol. The van der Waals surface area contributed by atoms with Crippen LogP contribution in [0.5, 0.6) is 5.75 Å². The Bertz CT molecular complexity index is 1260. The molecule has 1 amide bonds. The predicted molar refractivity (Wildman–Crippen MR) is 123 cm³/mol. The molecule has 0 saturated heterocycles. The van der Waals surface area contributed by atoms with Crippen molar-refractivity contribution in [2.75, 3.05) is 5.32 Å². The molecule has 0 unspecified atom stereocenters. The summed E-state index contributed by atoms with van der Waals surface area (Å²) in [7, 11) is 0. The Kier molecular flexibility index (Phi) is 6.78. The minimum atomic E-state index is -0.462. The van der Waals surface area contributed by atoms with Crippen molar-refractivity contribution < 1.29 is 13.9 Å². The van der Waals surface area contributed by atoms with Crippen molar-refractivity contribution in [2.24, 2.45) is 0 Å². The van der Waals surface area contributed by atoms with Crippen molar-refractivity contribution in [3.63, 3.8) is 0 Å². The van der Waals surface area contributed by atoms with Crippen LogP contribution >= 0.6 is 39.1 Å². The topological polar surface area (TPSA) is 74.0 Å². The first kappa shape index (κ1) is 22.3. The molecule has 0 atom stereocenters. The second-order valence-electron chi connectivity index (χ2n) is 6.63. The SMILES string of the molecule is O=C(Nc1nn(Cc2ccccc2F)cc1Br)c1ccn(COc2c(Cl)cccc2Cl)n1. The van der Waals surface area contributed by atoms with Crippen LogP contribution in [0, 0.1) is 5.82 Å². The number of carbonyl (C=O) groups is 1. The van der Waals surface area contributed by atoms with E-state index in [1.807, 2.05) is 0 Å². The predicted octanol–water partition coefficient (Wildman–Crippen LogP) is 5.63. The molecular formula is C21H15BrCl2FN5O2. The number of nitrogens with zero attached hydrogens (tertiary/aromatic N) is 4. The molecule has 0 saturated carbocycles. The van der Waals surface area contributed by atoms with Gasteiger partial charge in [0.15, 0.2) is 24.0 Å². The molecule has 0 aliphatic heterocycles. The van der Waals surface area contributed by atoms with Gasteiger partial charge in [0.25, 0.3) is 5.91 Å². The number of aromatic nitrogens is 4. The van der Waals surface area contributed by atoms with Crippen molar-refractivity contribution in [1.82, 2.24) is 19.6 Å². The summed E-state index contributed by atoms with van der Waals surface area (Å²) in [5.41, 5.74) is 0.646. The van der Waals surface area contributed by atoms with E-state index in [4.69, 9.17) is 27.9 Å². The van der Waals surface area contributed by atoms with E-state index in [-0.39, 0.29) is 24.8 Å². The van der Waals surface area contributed by atoms with Gasteiger partial charge >= 0.3 is 0 Å². The van der Waals surface area contributed by atoms with E-state index >= 15 is 0 Å². The molecule has 164 valence electrons. The number of anilines is 1. The number of benzene rings is 2. The molecule has 0 aliphatic rings. The van der Waals surface area contributed by atoms with E-state index in [2.05, 4.69) is 31.4 Å². The Morgan fingerprint density at radius 3 is 2.56 bits per heavy atom. The van der Waals surface area contributed by atoms with Crippen LogP contribution < -0.4 is 10.1 Å². The zero-order valence-corrected chi connectivity index (χ0v) is 19.4. The number of ether oxygens (including phenoxy) is 1. The number of halogens is 4. The van der Waals surface area contributed by atoms with Gasteiger partial charge in [-0.3, -0.25) is 9.48 Å². The number of para-hydroxylation sites is 1. The van der Waals surface area contributed by atoms with Gasteiger partial charge in [-0.25, -0.2) is 9.07 Å². The summed E-state index contributed by atoms with van der Waals surface area (Å²) in [6.07, 6.45) is 3.24. The normalized spacial score (nSPS) is 10.9. The highest BCUT2D eigenvalue weighted by atomic mass is 79.9. The Labute approximate surface area is 200 Å². The second-order valence-corrected chi connectivity index (χ2v) is 8.30. The van der Waals surface area contributed by atoms with Crippen LogP contribution in [-0.2, 0) is 13.3 Å². The van der Waals surface area contributed by atoms with E-state index in [0.29, 0.717) is 31.6 Å². The largest absolute Gasteiger partial charge is 0.468 e. The highest BCUT2D eigenvalue weighted by molar-refractivity contribution is 9.10. The average Bonchev–Trinajstić information content (AvgIpc) is 3.36. The quantitative estimate of drug-likeness (QED) is 0.331. The Hall–Kier alpha value is -2.88. The van der Waals surface area contributed by atoms with Crippen molar-refractivity contribution in [1.29, 1.82) is 0 Å². The molecule has 0 radical (unpaired) electrons. The third-order valence-corrected chi connectivity index (χ3v) is 5.55. The van der Waals surface area contributed by atoms with E-state index in [9.17, 15) is 9.18 Å². The third kappa shape index (κ3) is 5.12. The van der Waals surface area contributed by atoms with Crippen LogP contribution in [-0.4, -0.2) is 25.5 Å². The van der Waals surface area contributed by atoms with Gasteiger partial charge in [-0.2, -0.15) is 10.2 Å². The van der Waals surface area contributed by atoms with Gasteiger partial charge in [-0.05, 0) is 40.2 Å². The lowest BCUT2D eigenvalue weighted by Crippen LogP contribution is -2.15. The summed E-state index contributed by atoms with van der Waals surface area (Å²) in [6, 6.07) is 13.0. The van der Waals surface area contributed by atoms with E-state index in [1.54, 1.807) is 48.8 Å². The molecule has 2 aromatic heterocycles. The third-order valence-electron chi connectivity index (χ3n) is 4.37. The first-order valence-corrected chi connectivity index (χ1v) is 10.8. The lowest BCUT2D eigenvalue weighted by atomic mass is 10.2. The fraction of sp³-hybridized carbons (Fsp3) is 0.0952. The number of nitrogens with one attached hydrogen (secondary N) is 1. The molecule has 2 aromatic carbocycles. The number of rotatable bonds is 7. The van der Waals surface area contributed by atoms with Gasteiger partial charge in [0.2, 0.25) is 0 Å². The molecule has 32 heavy (non-hydrogen) atoms. The number of hydrogen-bond acceptors (Lipinski definition) is 4.